The zero-order valence-electron chi connectivity index (χ0n) is 14.0. The molecule has 2 atom stereocenters. The molecule has 1 aromatic carbocycles. The molecular weight excluding hydrogens is 274 g/mol. The van der Waals surface area contributed by atoms with Crippen LogP contribution in [0.25, 0.3) is 0 Å². The molecule has 0 aromatic heterocycles. The van der Waals surface area contributed by atoms with E-state index in [0.29, 0.717) is 25.0 Å². The van der Waals surface area contributed by atoms with Gasteiger partial charge in [0, 0.05) is 24.3 Å². The SMILES string of the molecule is CC1CCN(CC(=O)N(c2ccccc2)C(C)C)C(CN)C1. The number of anilines is 1. The fourth-order valence-corrected chi connectivity index (χ4v) is 3.32. The van der Waals surface area contributed by atoms with E-state index in [4.69, 9.17) is 5.73 Å². The van der Waals surface area contributed by atoms with Gasteiger partial charge in [0.15, 0.2) is 0 Å². The molecule has 0 spiro atoms. The minimum absolute atomic E-state index is 0.148. The molecular formula is C18H29N3O. The topological polar surface area (TPSA) is 49.6 Å². The summed E-state index contributed by atoms with van der Waals surface area (Å²) in [5, 5.41) is 0. The second kappa shape index (κ2) is 7.75. The Morgan fingerprint density at radius 1 is 1.36 bits per heavy atom. The van der Waals surface area contributed by atoms with Gasteiger partial charge in [-0.3, -0.25) is 9.69 Å². The van der Waals surface area contributed by atoms with Crippen LogP contribution in [0.15, 0.2) is 30.3 Å². The Hall–Kier alpha value is -1.39. The molecule has 1 saturated heterocycles. The standard InChI is InChI=1S/C18H29N3O/c1-14(2)21(16-7-5-4-6-8-16)18(22)13-20-10-9-15(3)11-17(20)12-19/h4-8,14-15,17H,9-13,19H2,1-3H3. The number of hydrogen-bond acceptors (Lipinski definition) is 3. The van der Waals surface area contributed by atoms with Crippen LogP contribution >= 0.6 is 0 Å². The van der Waals surface area contributed by atoms with E-state index < -0.39 is 0 Å². The molecule has 2 rings (SSSR count). The van der Waals surface area contributed by atoms with Gasteiger partial charge in [-0.25, -0.2) is 0 Å². The quantitative estimate of drug-likeness (QED) is 0.909. The number of amides is 1. The lowest BCUT2D eigenvalue weighted by atomic mass is 9.92. The Morgan fingerprint density at radius 3 is 2.64 bits per heavy atom. The molecule has 1 amide bonds. The predicted molar refractivity (Wildman–Crippen MR) is 91.9 cm³/mol. The molecule has 1 aromatic rings. The van der Waals surface area contributed by atoms with E-state index in [1.54, 1.807) is 0 Å². The zero-order valence-corrected chi connectivity index (χ0v) is 14.0. The second-order valence-electron chi connectivity index (χ2n) is 6.68. The number of nitrogens with two attached hydrogens (primary N) is 1. The summed E-state index contributed by atoms with van der Waals surface area (Å²) in [4.78, 5) is 17.0. The lowest BCUT2D eigenvalue weighted by Gasteiger charge is -2.39. The molecule has 2 N–H and O–H groups in total. The third kappa shape index (κ3) is 4.08. The molecule has 1 aliphatic rings. The van der Waals surface area contributed by atoms with Crippen LogP contribution in [-0.2, 0) is 4.79 Å². The lowest BCUT2D eigenvalue weighted by molar-refractivity contribution is -0.121. The van der Waals surface area contributed by atoms with Crippen LogP contribution in [0.3, 0.4) is 0 Å². The van der Waals surface area contributed by atoms with Gasteiger partial charge in [-0.1, -0.05) is 25.1 Å². The number of likely N-dealkylation sites (tertiary alicyclic amines) is 1. The molecule has 4 heteroatoms. The van der Waals surface area contributed by atoms with Crippen molar-refractivity contribution in [3.63, 3.8) is 0 Å². The number of carbonyl (C=O) groups is 1. The van der Waals surface area contributed by atoms with Gasteiger partial charge in [0.05, 0.1) is 6.54 Å². The highest BCUT2D eigenvalue weighted by Crippen LogP contribution is 2.23. The minimum Gasteiger partial charge on any atom is -0.329 e. The molecule has 0 radical (unpaired) electrons. The van der Waals surface area contributed by atoms with E-state index in [2.05, 4.69) is 25.7 Å². The predicted octanol–water partition coefficient (Wildman–Crippen LogP) is 2.49. The van der Waals surface area contributed by atoms with Gasteiger partial charge in [0.25, 0.3) is 0 Å². The molecule has 4 nitrogen and oxygen atoms in total. The number of piperidine rings is 1. The van der Waals surface area contributed by atoms with E-state index in [9.17, 15) is 4.79 Å². The molecule has 22 heavy (non-hydrogen) atoms. The number of carbonyl (C=O) groups excluding carboxylic acids is 1. The monoisotopic (exact) mass is 303 g/mol. The van der Waals surface area contributed by atoms with Crippen molar-refractivity contribution < 1.29 is 4.79 Å². The van der Waals surface area contributed by atoms with Crippen molar-refractivity contribution in [2.75, 3.05) is 24.5 Å². The normalized spacial score (nSPS) is 22.8. The first-order chi connectivity index (χ1) is 10.5. The Morgan fingerprint density at radius 2 is 2.05 bits per heavy atom. The van der Waals surface area contributed by atoms with Crippen LogP contribution in [0.5, 0.6) is 0 Å². The summed E-state index contributed by atoms with van der Waals surface area (Å²) in [6.45, 7) is 8.45. The summed E-state index contributed by atoms with van der Waals surface area (Å²) < 4.78 is 0. The maximum atomic E-state index is 12.8. The number of para-hydroxylation sites is 1. The van der Waals surface area contributed by atoms with Crippen molar-refractivity contribution in [1.82, 2.24) is 4.90 Å². The van der Waals surface area contributed by atoms with Crippen LogP contribution in [0.2, 0.25) is 0 Å². The van der Waals surface area contributed by atoms with Crippen molar-refractivity contribution in [3.8, 4) is 0 Å². The van der Waals surface area contributed by atoms with E-state index >= 15 is 0 Å². The maximum absolute atomic E-state index is 12.8. The smallest absolute Gasteiger partial charge is 0.241 e. The van der Waals surface area contributed by atoms with Crippen molar-refractivity contribution in [3.05, 3.63) is 30.3 Å². The number of rotatable bonds is 5. The molecule has 2 unspecified atom stereocenters. The summed E-state index contributed by atoms with van der Waals surface area (Å²) in [5.74, 6) is 0.865. The van der Waals surface area contributed by atoms with Crippen LogP contribution in [0.1, 0.15) is 33.6 Å². The van der Waals surface area contributed by atoms with E-state index in [0.717, 1.165) is 25.1 Å². The van der Waals surface area contributed by atoms with Crippen molar-refractivity contribution in [2.24, 2.45) is 11.7 Å². The number of nitrogens with zero attached hydrogens (tertiary/aromatic N) is 2. The van der Waals surface area contributed by atoms with Crippen LogP contribution in [0.4, 0.5) is 5.69 Å². The summed E-state index contributed by atoms with van der Waals surface area (Å²) in [7, 11) is 0. The molecule has 1 aliphatic heterocycles. The maximum Gasteiger partial charge on any atom is 0.241 e. The third-order valence-corrected chi connectivity index (χ3v) is 4.53. The Kier molecular flexibility index (Phi) is 5.98. The van der Waals surface area contributed by atoms with Gasteiger partial charge in [0.2, 0.25) is 5.91 Å². The Bertz CT molecular complexity index is 474. The lowest BCUT2D eigenvalue weighted by Crippen LogP contribution is -2.51. The molecule has 1 heterocycles. The van der Waals surface area contributed by atoms with Crippen molar-refractivity contribution >= 4 is 11.6 Å². The van der Waals surface area contributed by atoms with Crippen LogP contribution in [-0.4, -0.2) is 42.5 Å². The zero-order chi connectivity index (χ0) is 16.1. The van der Waals surface area contributed by atoms with Gasteiger partial charge >= 0.3 is 0 Å². The van der Waals surface area contributed by atoms with Gasteiger partial charge in [-0.15, -0.1) is 0 Å². The first kappa shape index (κ1) is 17.0. The summed E-state index contributed by atoms with van der Waals surface area (Å²) in [5.41, 5.74) is 6.88. The summed E-state index contributed by atoms with van der Waals surface area (Å²) in [6.07, 6.45) is 2.24. The molecule has 0 aliphatic carbocycles. The average Bonchev–Trinajstić information content (AvgIpc) is 2.50. The first-order valence-electron chi connectivity index (χ1n) is 8.34. The molecule has 0 bridgehead atoms. The van der Waals surface area contributed by atoms with Crippen molar-refractivity contribution in [1.29, 1.82) is 0 Å². The largest absolute Gasteiger partial charge is 0.329 e. The minimum atomic E-state index is 0.148. The number of benzene rings is 1. The second-order valence-corrected chi connectivity index (χ2v) is 6.68. The fourth-order valence-electron chi connectivity index (χ4n) is 3.32. The van der Waals surface area contributed by atoms with Crippen molar-refractivity contribution in [2.45, 2.75) is 45.7 Å². The van der Waals surface area contributed by atoms with Crippen LogP contribution < -0.4 is 10.6 Å². The molecule has 1 fully saturated rings. The highest BCUT2D eigenvalue weighted by molar-refractivity contribution is 5.95. The van der Waals surface area contributed by atoms with Crippen LogP contribution in [0, 0.1) is 5.92 Å². The summed E-state index contributed by atoms with van der Waals surface area (Å²) >= 11 is 0. The molecule has 122 valence electrons. The summed E-state index contributed by atoms with van der Waals surface area (Å²) in [6, 6.07) is 10.4. The Labute approximate surface area is 134 Å². The molecule has 0 saturated carbocycles. The number of hydrogen-bond donors (Lipinski definition) is 1. The fraction of sp³-hybridized carbons (Fsp3) is 0.611. The van der Waals surface area contributed by atoms with E-state index in [1.807, 2.05) is 35.2 Å². The third-order valence-electron chi connectivity index (χ3n) is 4.53. The average molecular weight is 303 g/mol. The van der Waals surface area contributed by atoms with Gasteiger partial charge in [-0.05, 0) is 51.3 Å². The highest BCUT2D eigenvalue weighted by atomic mass is 16.2. The van der Waals surface area contributed by atoms with E-state index in [1.165, 1.54) is 0 Å². The Balaban J connectivity index is 2.08. The first-order valence-corrected chi connectivity index (χ1v) is 8.34. The van der Waals surface area contributed by atoms with E-state index in [-0.39, 0.29) is 11.9 Å². The highest BCUT2D eigenvalue weighted by Gasteiger charge is 2.29. The van der Waals surface area contributed by atoms with Gasteiger partial charge < -0.3 is 10.6 Å². The van der Waals surface area contributed by atoms with Gasteiger partial charge in [-0.2, -0.15) is 0 Å². The van der Waals surface area contributed by atoms with Gasteiger partial charge in [0.1, 0.15) is 0 Å².